The zero-order chi connectivity index (χ0) is 15.4. The molecule has 0 amide bonds. The van der Waals surface area contributed by atoms with Crippen LogP contribution in [0, 0.1) is 5.92 Å². The summed E-state index contributed by atoms with van der Waals surface area (Å²) in [7, 11) is 0. The number of anilines is 1. The smallest absolute Gasteiger partial charge is 0.206 e. The molecule has 0 fully saturated rings. The van der Waals surface area contributed by atoms with Gasteiger partial charge in [0, 0.05) is 16.5 Å². The number of hydrogen-bond acceptors (Lipinski definition) is 4. The van der Waals surface area contributed by atoms with E-state index in [-0.39, 0.29) is 6.04 Å². The normalized spacial score (nSPS) is 12.7. The molecule has 6 heteroatoms. The van der Waals surface area contributed by atoms with Crippen molar-refractivity contribution >= 4 is 39.7 Å². The van der Waals surface area contributed by atoms with E-state index in [9.17, 15) is 0 Å². The molecule has 21 heavy (non-hydrogen) atoms. The number of halogens is 2. The Morgan fingerprint density at radius 2 is 2.00 bits per heavy atom. The quantitative estimate of drug-likeness (QED) is 0.740. The standard InChI is InChI=1S/C15H19Cl2N3S/c1-4-13(11-6-5-10(16)8-12(11)17)18-15-20-19-14(21-15)7-9(2)3/h5-6,8-9,13H,4,7H2,1-3H3,(H,18,20). The summed E-state index contributed by atoms with van der Waals surface area (Å²) in [5.74, 6) is 0.582. The SMILES string of the molecule is CCC(Nc1nnc(CC(C)C)s1)c1ccc(Cl)cc1Cl. The third kappa shape index (κ3) is 4.56. The van der Waals surface area contributed by atoms with Crippen molar-refractivity contribution in [1.29, 1.82) is 0 Å². The first-order valence-electron chi connectivity index (χ1n) is 7.03. The van der Waals surface area contributed by atoms with Crippen LogP contribution in [0.25, 0.3) is 0 Å². The summed E-state index contributed by atoms with van der Waals surface area (Å²) in [6.45, 7) is 6.46. The van der Waals surface area contributed by atoms with Crippen molar-refractivity contribution in [1.82, 2.24) is 10.2 Å². The topological polar surface area (TPSA) is 37.8 Å². The predicted molar refractivity (Wildman–Crippen MR) is 91.6 cm³/mol. The minimum atomic E-state index is 0.106. The Balaban J connectivity index is 2.13. The molecule has 3 nitrogen and oxygen atoms in total. The van der Waals surface area contributed by atoms with Gasteiger partial charge >= 0.3 is 0 Å². The van der Waals surface area contributed by atoms with Crippen LogP contribution in [-0.4, -0.2) is 10.2 Å². The van der Waals surface area contributed by atoms with Crippen LogP contribution in [0.3, 0.4) is 0 Å². The molecule has 0 aliphatic carbocycles. The predicted octanol–water partition coefficient (Wildman–Crippen LogP) is 5.61. The first-order valence-corrected chi connectivity index (χ1v) is 8.60. The third-order valence-corrected chi connectivity index (χ3v) is 4.53. The van der Waals surface area contributed by atoms with Crippen LogP contribution in [-0.2, 0) is 6.42 Å². The molecule has 1 aromatic heterocycles. The van der Waals surface area contributed by atoms with Gasteiger partial charge in [-0.1, -0.05) is 61.4 Å². The molecular weight excluding hydrogens is 325 g/mol. The minimum absolute atomic E-state index is 0.106. The molecule has 114 valence electrons. The summed E-state index contributed by atoms with van der Waals surface area (Å²) < 4.78 is 0. The highest BCUT2D eigenvalue weighted by Gasteiger charge is 2.15. The lowest BCUT2D eigenvalue weighted by Gasteiger charge is -2.17. The van der Waals surface area contributed by atoms with E-state index in [0.717, 1.165) is 28.5 Å². The lowest BCUT2D eigenvalue weighted by molar-refractivity contribution is 0.639. The average Bonchev–Trinajstić information content (AvgIpc) is 2.83. The molecule has 0 spiro atoms. The minimum Gasteiger partial charge on any atom is -0.353 e. The molecule has 2 rings (SSSR count). The fourth-order valence-electron chi connectivity index (χ4n) is 2.08. The summed E-state index contributed by atoms with van der Waals surface area (Å²) in [6, 6.07) is 5.70. The Kier molecular flexibility index (Phi) is 5.85. The third-order valence-electron chi connectivity index (χ3n) is 3.09. The Bertz CT molecular complexity index is 598. The van der Waals surface area contributed by atoms with Gasteiger partial charge < -0.3 is 5.32 Å². The van der Waals surface area contributed by atoms with Gasteiger partial charge in [0.1, 0.15) is 5.01 Å². The van der Waals surface area contributed by atoms with Crippen LogP contribution < -0.4 is 5.32 Å². The molecule has 1 atom stereocenters. The highest BCUT2D eigenvalue weighted by atomic mass is 35.5. The maximum atomic E-state index is 6.29. The number of benzene rings is 1. The van der Waals surface area contributed by atoms with Crippen molar-refractivity contribution in [3.05, 3.63) is 38.8 Å². The van der Waals surface area contributed by atoms with E-state index < -0.39 is 0 Å². The largest absolute Gasteiger partial charge is 0.353 e. The monoisotopic (exact) mass is 343 g/mol. The van der Waals surface area contributed by atoms with E-state index >= 15 is 0 Å². The summed E-state index contributed by atoms with van der Waals surface area (Å²) in [4.78, 5) is 0. The molecule has 1 heterocycles. The summed E-state index contributed by atoms with van der Waals surface area (Å²) in [5.41, 5.74) is 1.03. The van der Waals surface area contributed by atoms with Gasteiger partial charge in [0.25, 0.3) is 0 Å². The molecule has 1 N–H and O–H groups in total. The van der Waals surface area contributed by atoms with Gasteiger partial charge in [0.2, 0.25) is 5.13 Å². The lowest BCUT2D eigenvalue weighted by atomic mass is 10.0. The second-order valence-electron chi connectivity index (χ2n) is 5.37. The maximum Gasteiger partial charge on any atom is 0.206 e. The molecule has 0 saturated heterocycles. The molecule has 2 aromatic rings. The number of nitrogens with zero attached hydrogens (tertiary/aromatic N) is 2. The van der Waals surface area contributed by atoms with Crippen molar-refractivity contribution in [3.8, 4) is 0 Å². The first-order chi connectivity index (χ1) is 9.99. The van der Waals surface area contributed by atoms with Gasteiger partial charge in [-0.3, -0.25) is 0 Å². The summed E-state index contributed by atoms with van der Waals surface area (Å²) >= 11 is 13.8. The molecule has 1 aromatic carbocycles. The van der Waals surface area contributed by atoms with Crippen LogP contribution in [0.5, 0.6) is 0 Å². The van der Waals surface area contributed by atoms with Crippen LogP contribution in [0.15, 0.2) is 18.2 Å². The van der Waals surface area contributed by atoms with Gasteiger partial charge in [-0.15, -0.1) is 10.2 Å². The molecule has 0 aliphatic rings. The van der Waals surface area contributed by atoms with E-state index in [1.54, 1.807) is 17.4 Å². The van der Waals surface area contributed by atoms with Gasteiger partial charge in [0.05, 0.1) is 6.04 Å². The van der Waals surface area contributed by atoms with Crippen LogP contribution >= 0.6 is 34.5 Å². The lowest BCUT2D eigenvalue weighted by Crippen LogP contribution is -2.10. The van der Waals surface area contributed by atoms with E-state index in [2.05, 4.69) is 36.3 Å². The van der Waals surface area contributed by atoms with Crippen molar-refractivity contribution in [2.75, 3.05) is 5.32 Å². The van der Waals surface area contributed by atoms with Crippen molar-refractivity contribution < 1.29 is 0 Å². The van der Waals surface area contributed by atoms with Gasteiger partial charge in [-0.2, -0.15) is 0 Å². The average molecular weight is 344 g/mol. The summed E-state index contributed by atoms with van der Waals surface area (Å²) in [5, 5.41) is 15.1. The molecule has 1 unspecified atom stereocenters. The summed E-state index contributed by atoms with van der Waals surface area (Å²) in [6.07, 6.45) is 1.86. The highest BCUT2D eigenvalue weighted by Crippen LogP contribution is 2.31. The second kappa shape index (κ2) is 7.43. The van der Waals surface area contributed by atoms with Crippen molar-refractivity contribution in [3.63, 3.8) is 0 Å². The van der Waals surface area contributed by atoms with Crippen molar-refractivity contribution in [2.24, 2.45) is 5.92 Å². The van der Waals surface area contributed by atoms with E-state index in [4.69, 9.17) is 23.2 Å². The van der Waals surface area contributed by atoms with Crippen LogP contribution in [0.1, 0.15) is 43.8 Å². The van der Waals surface area contributed by atoms with Gasteiger partial charge in [-0.05, 0) is 30.0 Å². The molecule has 0 bridgehead atoms. The first kappa shape index (κ1) is 16.5. The number of aromatic nitrogens is 2. The maximum absolute atomic E-state index is 6.29. The van der Waals surface area contributed by atoms with Crippen molar-refractivity contribution in [2.45, 2.75) is 39.7 Å². The van der Waals surface area contributed by atoms with E-state index in [1.165, 1.54) is 0 Å². The second-order valence-corrected chi connectivity index (χ2v) is 7.28. The fraction of sp³-hybridized carbons (Fsp3) is 0.467. The zero-order valence-corrected chi connectivity index (χ0v) is 14.7. The molecule has 0 saturated carbocycles. The van der Waals surface area contributed by atoms with Gasteiger partial charge in [-0.25, -0.2) is 0 Å². The molecule has 0 radical (unpaired) electrons. The molecule has 0 aliphatic heterocycles. The number of rotatable bonds is 6. The zero-order valence-electron chi connectivity index (χ0n) is 12.4. The Morgan fingerprint density at radius 3 is 2.62 bits per heavy atom. The van der Waals surface area contributed by atoms with Crippen LogP contribution in [0.4, 0.5) is 5.13 Å². The fourth-order valence-corrected chi connectivity index (χ4v) is 3.62. The van der Waals surface area contributed by atoms with Crippen LogP contribution in [0.2, 0.25) is 10.0 Å². The Hall–Kier alpha value is -0.840. The number of hydrogen-bond donors (Lipinski definition) is 1. The Morgan fingerprint density at radius 1 is 1.24 bits per heavy atom. The van der Waals surface area contributed by atoms with E-state index in [0.29, 0.717) is 16.0 Å². The Labute approximate surface area is 139 Å². The number of nitrogens with one attached hydrogen (secondary N) is 1. The molecular formula is C15H19Cl2N3S. The highest BCUT2D eigenvalue weighted by molar-refractivity contribution is 7.15. The van der Waals surface area contributed by atoms with E-state index in [1.807, 2.05) is 12.1 Å². The van der Waals surface area contributed by atoms with Gasteiger partial charge in [0.15, 0.2) is 0 Å².